The fraction of sp³-hybridized carbons (Fsp3) is 0.462. The molecule has 0 aliphatic rings. The lowest BCUT2D eigenvalue weighted by Gasteiger charge is -2.20. The number of anilines is 1. The number of aliphatic hydroxyl groups is 1. The number of nitrogens with one attached hydrogen (secondary N) is 1. The van der Waals surface area contributed by atoms with Gasteiger partial charge >= 0.3 is 6.09 Å². The van der Waals surface area contributed by atoms with Gasteiger partial charge < -0.3 is 9.84 Å². The van der Waals surface area contributed by atoms with E-state index >= 15 is 0 Å². The summed E-state index contributed by atoms with van der Waals surface area (Å²) in [5.74, 6) is 0. The highest BCUT2D eigenvalue weighted by Gasteiger charge is 2.16. The van der Waals surface area contributed by atoms with Crippen molar-refractivity contribution in [3.8, 4) is 0 Å². The fourth-order valence-electron chi connectivity index (χ4n) is 1.39. The number of amides is 1. The number of carbonyl (C=O) groups is 1. The number of carbonyl (C=O) groups excluding carboxylic acids is 1. The third kappa shape index (κ3) is 4.87. The van der Waals surface area contributed by atoms with Gasteiger partial charge in [0, 0.05) is 12.3 Å². The summed E-state index contributed by atoms with van der Waals surface area (Å²) < 4.78 is 5.16. The van der Waals surface area contributed by atoms with Gasteiger partial charge in [-0.2, -0.15) is 0 Å². The van der Waals surface area contributed by atoms with Gasteiger partial charge in [0.1, 0.15) is 5.60 Å². The van der Waals surface area contributed by atoms with Gasteiger partial charge in [-0.25, -0.2) is 4.79 Å². The van der Waals surface area contributed by atoms with E-state index in [-0.39, 0.29) is 6.61 Å². The largest absolute Gasteiger partial charge is 0.444 e. The van der Waals surface area contributed by atoms with Crippen LogP contribution in [-0.2, 0) is 11.2 Å². The van der Waals surface area contributed by atoms with Gasteiger partial charge in [-0.05, 0) is 38.8 Å². The fourth-order valence-corrected chi connectivity index (χ4v) is 1.39. The second-order valence-corrected chi connectivity index (χ2v) is 4.76. The lowest BCUT2D eigenvalue weighted by molar-refractivity contribution is 0.0635. The monoisotopic (exact) mass is 237 g/mol. The Morgan fingerprint density at radius 1 is 1.35 bits per heavy atom. The minimum absolute atomic E-state index is 0.0486. The molecule has 0 fully saturated rings. The first-order chi connectivity index (χ1) is 7.92. The second-order valence-electron chi connectivity index (χ2n) is 4.76. The zero-order chi connectivity index (χ0) is 12.9. The molecule has 4 nitrogen and oxygen atoms in total. The van der Waals surface area contributed by atoms with Gasteiger partial charge in [-0.3, -0.25) is 5.32 Å². The molecule has 1 aromatic rings. The zero-order valence-corrected chi connectivity index (χ0v) is 10.5. The van der Waals surface area contributed by atoms with Crippen molar-refractivity contribution in [2.45, 2.75) is 32.8 Å². The van der Waals surface area contributed by atoms with E-state index in [4.69, 9.17) is 9.84 Å². The van der Waals surface area contributed by atoms with Gasteiger partial charge in [-0.1, -0.05) is 18.2 Å². The summed E-state index contributed by atoms with van der Waals surface area (Å²) >= 11 is 0. The predicted molar refractivity (Wildman–Crippen MR) is 67.1 cm³/mol. The Kier molecular flexibility index (Phi) is 4.52. The van der Waals surface area contributed by atoms with E-state index in [1.165, 1.54) is 0 Å². The maximum Gasteiger partial charge on any atom is 0.412 e. The van der Waals surface area contributed by atoms with Crippen molar-refractivity contribution < 1.29 is 14.6 Å². The molecule has 0 saturated heterocycles. The number of hydrogen-bond acceptors (Lipinski definition) is 3. The average molecular weight is 237 g/mol. The van der Waals surface area contributed by atoms with E-state index < -0.39 is 11.7 Å². The van der Waals surface area contributed by atoms with Gasteiger partial charge in [0.25, 0.3) is 0 Å². The molecule has 0 aliphatic heterocycles. The van der Waals surface area contributed by atoms with Gasteiger partial charge in [0.15, 0.2) is 0 Å². The summed E-state index contributed by atoms with van der Waals surface area (Å²) in [5.41, 5.74) is 1.05. The van der Waals surface area contributed by atoms with Crippen LogP contribution in [0.25, 0.3) is 0 Å². The highest BCUT2D eigenvalue weighted by atomic mass is 16.6. The molecule has 17 heavy (non-hydrogen) atoms. The summed E-state index contributed by atoms with van der Waals surface area (Å²) in [5, 5.41) is 11.6. The molecule has 0 aromatic heterocycles. The van der Waals surface area contributed by atoms with Crippen LogP contribution in [0, 0.1) is 0 Å². The molecule has 1 amide bonds. The molecule has 0 heterocycles. The summed E-state index contributed by atoms with van der Waals surface area (Å²) in [6.45, 7) is 5.48. The van der Waals surface area contributed by atoms with Crippen LogP contribution < -0.4 is 5.32 Å². The number of para-hydroxylation sites is 1. The van der Waals surface area contributed by atoms with Gasteiger partial charge in [0.05, 0.1) is 0 Å². The first-order valence-electron chi connectivity index (χ1n) is 5.61. The maximum absolute atomic E-state index is 11.6. The van der Waals surface area contributed by atoms with E-state index in [1.807, 2.05) is 39.0 Å². The Bertz CT molecular complexity index is 382. The number of hydrogen-bond donors (Lipinski definition) is 2. The van der Waals surface area contributed by atoms with Crippen molar-refractivity contribution in [2.24, 2.45) is 0 Å². The molecule has 1 rings (SSSR count). The molecule has 4 heteroatoms. The van der Waals surface area contributed by atoms with Gasteiger partial charge in [-0.15, -0.1) is 0 Å². The zero-order valence-electron chi connectivity index (χ0n) is 10.5. The van der Waals surface area contributed by atoms with Gasteiger partial charge in [0.2, 0.25) is 0 Å². The Morgan fingerprint density at radius 3 is 2.59 bits per heavy atom. The van der Waals surface area contributed by atoms with Crippen LogP contribution in [0.15, 0.2) is 24.3 Å². The second kappa shape index (κ2) is 5.68. The van der Waals surface area contributed by atoms with Crippen molar-refractivity contribution in [3.05, 3.63) is 29.8 Å². The van der Waals surface area contributed by atoms with Crippen LogP contribution in [0.4, 0.5) is 10.5 Å². The third-order valence-electron chi connectivity index (χ3n) is 2.03. The predicted octanol–water partition coefficient (Wildman–Crippen LogP) is 2.57. The smallest absolute Gasteiger partial charge is 0.412 e. The van der Waals surface area contributed by atoms with Crippen molar-refractivity contribution in [1.82, 2.24) is 0 Å². The molecule has 1 aromatic carbocycles. The topological polar surface area (TPSA) is 58.6 Å². The molecule has 0 aliphatic carbocycles. The Hall–Kier alpha value is -1.55. The average Bonchev–Trinajstić information content (AvgIpc) is 2.18. The molecule has 0 radical (unpaired) electrons. The van der Waals surface area contributed by atoms with E-state index in [0.717, 1.165) is 5.56 Å². The first kappa shape index (κ1) is 13.5. The van der Waals surface area contributed by atoms with Crippen molar-refractivity contribution >= 4 is 11.8 Å². The summed E-state index contributed by atoms with van der Waals surface area (Å²) in [6, 6.07) is 7.34. The van der Waals surface area contributed by atoms with Crippen LogP contribution in [0.2, 0.25) is 0 Å². The van der Waals surface area contributed by atoms with Crippen LogP contribution >= 0.6 is 0 Å². The van der Waals surface area contributed by atoms with Crippen molar-refractivity contribution in [1.29, 1.82) is 0 Å². The molecular weight excluding hydrogens is 218 g/mol. The number of rotatable bonds is 3. The maximum atomic E-state index is 11.6. The Balaban J connectivity index is 2.71. The standard InChI is InChI=1S/C13H19NO3/c1-13(2,3)17-12(16)14-11-7-5-4-6-10(11)8-9-15/h4-7,15H,8-9H2,1-3H3,(H,14,16). The van der Waals surface area contributed by atoms with E-state index in [0.29, 0.717) is 12.1 Å². The third-order valence-corrected chi connectivity index (χ3v) is 2.03. The number of ether oxygens (including phenoxy) is 1. The minimum Gasteiger partial charge on any atom is -0.444 e. The molecule has 0 atom stereocenters. The Morgan fingerprint density at radius 2 is 2.00 bits per heavy atom. The summed E-state index contributed by atoms with van der Waals surface area (Å²) in [7, 11) is 0. The molecule has 0 unspecified atom stereocenters. The summed E-state index contributed by atoms with van der Waals surface area (Å²) in [4.78, 5) is 11.6. The van der Waals surface area contributed by atoms with E-state index in [1.54, 1.807) is 6.07 Å². The molecule has 0 bridgehead atoms. The van der Waals surface area contributed by atoms with Crippen LogP contribution in [0.5, 0.6) is 0 Å². The molecular formula is C13H19NO3. The van der Waals surface area contributed by atoms with Crippen molar-refractivity contribution in [2.75, 3.05) is 11.9 Å². The van der Waals surface area contributed by atoms with Crippen molar-refractivity contribution in [3.63, 3.8) is 0 Å². The highest BCUT2D eigenvalue weighted by Crippen LogP contribution is 2.17. The highest BCUT2D eigenvalue weighted by molar-refractivity contribution is 5.85. The molecule has 0 spiro atoms. The number of aliphatic hydroxyl groups excluding tert-OH is 1. The Labute approximate surface area is 102 Å². The minimum atomic E-state index is -0.518. The molecule has 2 N–H and O–H groups in total. The normalized spacial score (nSPS) is 11.1. The van der Waals surface area contributed by atoms with Crippen LogP contribution in [-0.4, -0.2) is 23.4 Å². The molecule has 94 valence electrons. The SMILES string of the molecule is CC(C)(C)OC(=O)Nc1ccccc1CCO. The van der Waals surface area contributed by atoms with Crippen LogP contribution in [0.3, 0.4) is 0 Å². The van der Waals surface area contributed by atoms with E-state index in [9.17, 15) is 4.79 Å². The van der Waals surface area contributed by atoms with E-state index in [2.05, 4.69) is 5.32 Å². The lowest BCUT2D eigenvalue weighted by Crippen LogP contribution is -2.27. The quantitative estimate of drug-likeness (QED) is 0.849. The van der Waals surface area contributed by atoms with Crippen LogP contribution in [0.1, 0.15) is 26.3 Å². The molecule has 0 saturated carbocycles. The lowest BCUT2D eigenvalue weighted by atomic mass is 10.1. The number of benzene rings is 1. The summed E-state index contributed by atoms with van der Waals surface area (Å²) in [6.07, 6.45) is 0.0225. The first-order valence-corrected chi connectivity index (χ1v) is 5.61.